The zero-order valence-corrected chi connectivity index (χ0v) is 12.6. The average molecular weight is 296 g/mol. The fourth-order valence-electron chi connectivity index (χ4n) is 1.48. The van der Waals surface area contributed by atoms with Crippen LogP contribution in [0.2, 0.25) is 0 Å². The van der Waals surface area contributed by atoms with E-state index in [1.165, 1.54) is 12.0 Å². The average Bonchev–Trinajstić information content (AvgIpc) is 2.38. The topological polar surface area (TPSA) is 89.9 Å². The number of aliphatic carboxylic acids is 2. The number of nitrogens with one attached hydrogen (secondary N) is 1. The SMILES string of the molecule is CN(C)CCCNCc1ccccc1.O=C(O)CC(=O)O. The molecule has 1 rings (SSSR count). The summed E-state index contributed by atoms with van der Waals surface area (Å²) in [5.74, 6) is -2.62. The van der Waals surface area contributed by atoms with Crippen LogP contribution in [0, 0.1) is 0 Å². The highest BCUT2D eigenvalue weighted by Gasteiger charge is 2.01. The summed E-state index contributed by atoms with van der Waals surface area (Å²) in [7, 11) is 4.22. The molecule has 0 heterocycles. The number of benzene rings is 1. The number of hydrogen-bond acceptors (Lipinski definition) is 4. The largest absolute Gasteiger partial charge is 0.481 e. The molecule has 118 valence electrons. The molecule has 0 amide bonds. The smallest absolute Gasteiger partial charge is 0.314 e. The van der Waals surface area contributed by atoms with E-state index >= 15 is 0 Å². The standard InChI is InChI=1S/C12H20N2.C3H4O4/c1-14(2)10-6-9-13-11-12-7-4-3-5-8-12;4-2(5)1-3(6)7/h3-5,7-8,13H,6,9-11H2,1-2H3;1H2,(H,4,5)(H,6,7). The summed E-state index contributed by atoms with van der Waals surface area (Å²) in [5.41, 5.74) is 1.36. The van der Waals surface area contributed by atoms with E-state index in [9.17, 15) is 9.59 Å². The second-order valence-corrected chi connectivity index (χ2v) is 4.78. The van der Waals surface area contributed by atoms with Gasteiger partial charge in [-0.05, 0) is 39.2 Å². The number of rotatable bonds is 8. The minimum atomic E-state index is -1.31. The van der Waals surface area contributed by atoms with Crippen LogP contribution in [-0.4, -0.2) is 54.2 Å². The van der Waals surface area contributed by atoms with E-state index in [1.807, 2.05) is 0 Å². The van der Waals surface area contributed by atoms with Crippen LogP contribution >= 0.6 is 0 Å². The molecule has 3 N–H and O–H groups in total. The summed E-state index contributed by atoms with van der Waals surface area (Å²) in [6.07, 6.45) is 0.403. The van der Waals surface area contributed by atoms with Crippen molar-refractivity contribution in [3.63, 3.8) is 0 Å². The molecule has 0 unspecified atom stereocenters. The first-order chi connectivity index (χ1) is 9.91. The van der Waals surface area contributed by atoms with Crippen LogP contribution in [0.4, 0.5) is 0 Å². The minimum Gasteiger partial charge on any atom is -0.481 e. The van der Waals surface area contributed by atoms with Crippen molar-refractivity contribution < 1.29 is 19.8 Å². The van der Waals surface area contributed by atoms with E-state index < -0.39 is 18.4 Å². The predicted molar refractivity (Wildman–Crippen MR) is 81.2 cm³/mol. The van der Waals surface area contributed by atoms with Crippen molar-refractivity contribution in [2.45, 2.75) is 19.4 Å². The fourth-order valence-corrected chi connectivity index (χ4v) is 1.48. The molecule has 0 saturated heterocycles. The Labute approximate surface area is 125 Å². The van der Waals surface area contributed by atoms with Gasteiger partial charge in [0.2, 0.25) is 0 Å². The quantitative estimate of drug-likeness (QED) is 0.494. The molecule has 0 bridgehead atoms. The number of carboxylic acid groups (broad SMARTS) is 2. The third kappa shape index (κ3) is 14.3. The molecule has 0 aliphatic heterocycles. The van der Waals surface area contributed by atoms with Crippen molar-refractivity contribution in [3.05, 3.63) is 35.9 Å². The molecule has 21 heavy (non-hydrogen) atoms. The highest BCUT2D eigenvalue weighted by molar-refractivity contribution is 5.88. The Morgan fingerprint density at radius 3 is 2.10 bits per heavy atom. The van der Waals surface area contributed by atoms with E-state index in [4.69, 9.17) is 10.2 Å². The molecule has 0 spiro atoms. The molecule has 0 radical (unpaired) electrons. The van der Waals surface area contributed by atoms with Gasteiger partial charge in [-0.1, -0.05) is 30.3 Å². The predicted octanol–water partition coefficient (Wildman–Crippen LogP) is 1.27. The molecule has 0 saturated carbocycles. The Balaban J connectivity index is 0.000000486. The van der Waals surface area contributed by atoms with Crippen LogP contribution in [0.25, 0.3) is 0 Å². The zero-order chi connectivity index (χ0) is 16.1. The van der Waals surface area contributed by atoms with E-state index in [1.54, 1.807) is 0 Å². The number of carbonyl (C=O) groups is 2. The second kappa shape index (κ2) is 11.9. The molecule has 0 atom stereocenters. The Morgan fingerprint density at radius 2 is 1.67 bits per heavy atom. The van der Waals surface area contributed by atoms with Gasteiger partial charge >= 0.3 is 11.9 Å². The van der Waals surface area contributed by atoms with E-state index in [0.29, 0.717) is 0 Å². The summed E-state index contributed by atoms with van der Waals surface area (Å²) in [5, 5.41) is 18.8. The Kier molecular flexibility index (Phi) is 10.8. The van der Waals surface area contributed by atoms with Crippen LogP contribution < -0.4 is 5.32 Å². The molecule has 0 aliphatic carbocycles. The highest BCUT2D eigenvalue weighted by Crippen LogP contribution is 1.96. The Morgan fingerprint density at radius 1 is 1.10 bits per heavy atom. The molecular formula is C15H24N2O4. The highest BCUT2D eigenvalue weighted by atomic mass is 16.4. The molecule has 6 nitrogen and oxygen atoms in total. The summed E-state index contributed by atoms with van der Waals surface area (Å²) in [6.45, 7) is 3.23. The number of hydrogen-bond donors (Lipinski definition) is 3. The summed E-state index contributed by atoms with van der Waals surface area (Å²) in [6, 6.07) is 10.5. The van der Waals surface area contributed by atoms with Crippen LogP contribution in [0.15, 0.2) is 30.3 Å². The molecule has 0 fully saturated rings. The second-order valence-electron chi connectivity index (χ2n) is 4.78. The lowest BCUT2D eigenvalue weighted by Crippen LogP contribution is -2.20. The van der Waals surface area contributed by atoms with Crippen molar-refractivity contribution in [1.82, 2.24) is 10.2 Å². The van der Waals surface area contributed by atoms with Crippen LogP contribution in [-0.2, 0) is 16.1 Å². The minimum absolute atomic E-state index is 0.806. The molecule has 0 aromatic heterocycles. The van der Waals surface area contributed by atoms with Gasteiger partial charge in [0.25, 0.3) is 0 Å². The molecule has 0 aliphatic rings. The first kappa shape index (κ1) is 19.1. The van der Waals surface area contributed by atoms with Crippen molar-refractivity contribution in [1.29, 1.82) is 0 Å². The van der Waals surface area contributed by atoms with Gasteiger partial charge in [-0.2, -0.15) is 0 Å². The van der Waals surface area contributed by atoms with Crippen LogP contribution in [0.3, 0.4) is 0 Å². The summed E-state index contributed by atoms with van der Waals surface area (Å²) >= 11 is 0. The van der Waals surface area contributed by atoms with Crippen molar-refractivity contribution >= 4 is 11.9 Å². The maximum atomic E-state index is 9.43. The summed E-state index contributed by atoms with van der Waals surface area (Å²) < 4.78 is 0. The van der Waals surface area contributed by atoms with Gasteiger partial charge in [-0.15, -0.1) is 0 Å². The fraction of sp³-hybridized carbons (Fsp3) is 0.467. The lowest BCUT2D eigenvalue weighted by molar-refractivity contribution is -0.147. The third-order valence-electron chi connectivity index (χ3n) is 2.43. The first-order valence-corrected chi connectivity index (χ1v) is 6.74. The van der Waals surface area contributed by atoms with Gasteiger partial charge in [0.05, 0.1) is 0 Å². The zero-order valence-electron chi connectivity index (χ0n) is 12.6. The Hall–Kier alpha value is -1.92. The molecule has 1 aromatic carbocycles. The van der Waals surface area contributed by atoms with Gasteiger partial charge < -0.3 is 20.4 Å². The van der Waals surface area contributed by atoms with Crippen molar-refractivity contribution in [2.24, 2.45) is 0 Å². The molecule has 6 heteroatoms. The Bertz CT molecular complexity index is 395. The number of nitrogens with zero attached hydrogens (tertiary/aromatic N) is 1. The van der Waals surface area contributed by atoms with Gasteiger partial charge in [0, 0.05) is 6.54 Å². The van der Waals surface area contributed by atoms with Gasteiger partial charge in [-0.25, -0.2) is 0 Å². The lowest BCUT2D eigenvalue weighted by atomic mass is 10.2. The first-order valence-electron chi connectivity index (χ1n) is 6.74. The maximum Gasteiger partial charge on any atom is 0.314 e. The van der Waals surface area contributed by atoms with Gasteiger partial charge in [0.1, 0.15) is 6.42 Å². The lowest BCUT2D eigenvalue weighted by Gasteiger charge is -2.09. The van der Waals surface area contributed by atoms with E-state index in [2.05, 4.69) is 54.6 Å². The van der Waals surface area contributed by atoms with Gasteiger partial charge in [-0.3, -0.25) is 9.59 Å². The third-order valence-corrected chi connectivity index (χ3v) is 2.43. The molecular weight excluding hydrogens is 272 g/mol. The number of carboxylic acids is 2. The van der Waals surface area contributed by atoms with Crippen LogP contribution in [0.5, 0.6) is 0 Å². The van der Waals surface area contributed by atoms with Crippen molar-refractivity contribution in [3.8, 4) is 0 Å². The monoisotopic (exact) mass is 296 g/mol. The van der Waals surface area contributed by atoms with Gasteiger partial charge in [0.15, 0.2) is 0 Å². The summed E-state index contributed by atoms with van der Waals surface area (Å²) in [4.78, 5) is 21.1. The van der Waals surface area contributed by atoms with Crippen molar-refractivity contribution in [2.75, 3.05) is 27.2 Å². The van der Waals surface area contributed by atoms with E-state index in [-0.39, 0.29) is 0 Å². The normalized spacial score (nSPS) is 9.86. The molecule has 1 aromatic rings. The van der Waals surface area contributed by atoms with Crippen LogP contribution in [0.1, 0.15) is 18.4 Å². The van der Waals surface area contributed by atoms with E-state index in [0.717, 1.165) is 19.6 Å². The maximum absolute atomic E-state index is 9.43.